The molecule has 3 aliphatic heterocycles. The molecule has 2 fully saturated rings. The van der Waals surface area contributed by atoms with Gasteiger partial charge in [0.05, 0.1) is 30.5 Å². The average molecular weight is 493 g/mol. The van der Waals surface area contributed by atoms with Crippen molar-refractivity contribution in [2.24, 2.45) is 5.92 Å². The van der Waals surface area contributed by atoms with Crippen LogP contribution in [0.4, 0.5) is 26.0 Å². The van der Waals surface area contributed by atoms with Gasteiger partial charge in [0.15, 0.2) is 11.4 Å². The van der Waals surface area contributed by atoms with Gasteiger partial charge in [-0.2, -0.15) is 0 Å². The Morgan fingerprint density at radius 3 is 2.72 bits per heavy atom. The SMILES string of the molecule is C[C@H]1CCC(c2cc(F)c3c(c2)OC2(CC2)C(=O)N3)N(c2cc3c4c(c(N)nc3cc2F)COC4)C1. The Bertz CT molecular complexity index is 1460. The largest absolute Gasteiger partial charge is 0.475 e. The lowest BCUT2D eigenvalue weighted by Gasteiger charge is -2.41. The molecule has 3 aromatic rings. The highest BCUT2D eigenvalue weighted by Crippen LogP contribution is 2.49. The summed E-state index contributed by atoms with van der Waals surface area (Å²) in [6, 6.07) is 6.25. The standard InChI is InChI=1S/C27H26F2N4O3/c1-13-2-3-21(14-6-19(29)24-23(7-14)36-27(4-5-27)26(34)32-24)33(10-13)22-8-15-16-11-35-12-17(16)25(30)31-20(15)9-18(22)28/h6-9,13,21H,2-5,10-12H2,1H3,(H2,30,31)(H,32,34)/t13-,21?/m0/s1. The lowest BCUT2D eigenvalue weighted by molar-refractivity contribution is -0.125. The molecule has 1 aromatic heterocycles. The van der Waals surface area contributed by atoms with Gasteiger partial charge in [-0.25, -0.2) is 13.8 Å². The van der Waals surface area contributed by atoms with E-state index in [4.69, 9.17) is 15.2 Å². The number of amides is 1. The molecule has 7 nitrogen and oxygen atoms in total. The number of pyridine rings is 1. The summed E-state index contributed by atoms with van der Waals surface area (Å²) >= 11 is 0. The first-order valence-electron chi connectivity index (χ1n) is 12.4. The molecule has 3 N–H and O–H groups in total. The van der Waals surface area contributed by atoms with Crippen molar-refractivity contribution in [1.29, 1.82) is 0 Å². The van der Waals surface area contributed by atoms with Crippen molar-refractivity contribution in [2.45, 2.75) is 57.5 Å². The average Bonchev–Trinajstić information content (AvgIpc) is 3.43. The van der Waals surface area contributed by atoms with Crippen molar-refractivity contribution in [1.82, 2.24) is 4.98 Å². The van der Waals surface area contributed by atoms with Crippen LogP contribution in [0.2, 0.25) is 0 Å². The number of nitrogen functional groups attached to an aromatic ring is 1. The van der Waals surface area contributed by atoms with Crippen LogP contribution in [0.3, 0.4) is 0 Å². The molecule has 1 amide bonds. The third kappa shape index (κ3) is 3.18. The maximum atomic E-state index is 15.6. The van der Waals surface area contributed by atoms with Gasteiger partial charge in [0, 0.05) is 36.4 Å². The van der Waals surface area contributed by atoms with Gasteiger partial charge < -0.3 is 25.4 Å². The van der Waals surface area contributed by atoms with Crippen LogP contribution in [0.1, 0.15) is 55.3 Å². The zero-order valence-corrected chi connectivity index (χ0v) is 19.9. The number of anilines is 3. The van der Waals surface area contributed by atoms with Crippen LogP contribution in [0.25, 0.3) is 10.9 Å². The van der Waals surface area contributed by atoms with E-state index in [-0.39, 0.29) is 17.6 Å². The minimum atomic E-state index is -0.874. The molecule has 2 atom stereocenters. The summed E-state index contributed by atoms with van der Waals surface area (Å²) in [5.74, 6) is -0.183. The predicted octanol–water partition coefficient (Wildman–Crippen LogP) is 4.97. The van der Waals surface area contributed by atoms with Crippen molar-refractivity contribution in [2.75, 3.05) is 22.5 Å². The van der Waals surface area contributed by atoms with Gasteiger partial charge in [-0.1, -0.05) is 6.92 Å². The van der Waals surface area contributed by atoms with Gasteiger partial charge in [-0.3, -0.25) is 4.79 Å². The number of halogens is 2. The van der Waals surface area contributed by atoms with E-state index in [0.717, 1.165) is 29.4 Å². The highest BCUT2D eigenvalue weighted by molar-refractivity contribution is 6.02. The molecule has 4 aliphatic rings. The van der Waals surface area contributed by atoms with E-state index in [1.807, 2.05) is 11.0 Å². The molecule has 0 radical (unpaired) electrons. The van der Waals surface area contributed by atoms with E-state index in [1.165, 1.54) is 12.1 Å². The first-order chi connectivity index (χ1) is 17.3. The van der Waals surface area contributed by atoms with E-state index in [1.54, 1.807) is 6.07 Å². The molecule has 4 heterocycles. The second-order valence-corrected chi connectivity index (χ2v) is 10.5. The first-order valence-corrected chi connectivity index (χ1v) is 12.4. The van der Waals surface area contributed by atoms with Crippen molar-refractivity contribution in [3.8, 4) is 5.75 Å². The van der Waals surface area contributed by atoms with Crippen LogP contribution in [0.15, 0.2) is 24.3 Å². The predicted molar refractivity (Wildman–Crippen MR) is 131 cm³/mol. The highest BCUT2D eigenvalue weighted by Gasteiger charge is 2.56. The van der Waals surface area contributed by atoms with Crippen LogP contribution in [-0.4, -0.2) is 23.0 Å². The molecular formula is C27H26F2N4O3. The summed E-state index contributed by atoms with van der Waals surface area (Å²) in [6.07, 6.45) is 2.89. The molecule has 1 spiro atoms. The number of ether oxygens (including phenoxy) is 2. The van der Waals surface area contributed by atoms with Crippen LogP contribution in [-0.2, 0) is 22.7 Å². The molecule has 186 valence electrons. The fraction of sp³-hybridized carbons (Fsp3) is 0.407. The topological polar surface area (TPSA) is 89.7 Å². The zero-order chi connectivity index (χ0) is 24.8. The van der Waals surface area contributed by atoms with Gasteiger partial charge in [-0.15, -0.1) is 0 Å². The maximum Gasteiger partial charge on any atom is 0.268 e. The molecule has 2 aromatic carbocycles. The number of hydrogen-bond acceptors (Lipinski definition) is 6. The van der Waals surface area contributed by atoms with Gasteiger partial charge >= 0.3 is 0 Å². The molecule has 1 saturated heterocycles. The summed E-state index contributed by atoms with van der Waals surface area (Å²) in [6.45, 7) is 3.56. The number of nitrogens with zero attached hydrogens (tertiary/aromatic N) is 2. The lowest BCUT2D eigenvalue weighted by Crippen LogP contribution is -2.40. The van der Waals surface area contributed by atoms with E-state index in [0.29, 0.717) is 66.9 Å². The number of aromatic nitrogens is 1. The third-order valence-electron chi connectivity index (χ3n) is 8.05. The van der Waals surface area contributed by atoms with Crippen LogP contribution < -0.4 is 20.7 Å². The number of nitrogens with two attached hydrogens (primary N) is 1. The summed E-state index contributed by atoms with van der Waals surface area (Å²) in [4.78, 5) is 18.8. The van der Waals surface area contributed by atoms with E-state index < -0.39 is 17.2 Å². The maximum absolute atomic E-state index is 15.6. The molecule has 0 bridgehead atoms. The fourth-order valence-electron chi connectivity index (χ4n) is 5.89. The lowest BCUT2D eigenvalue weighted by atomic mass is 9.88. The van der Waals surface area contributed by atoms with Crippen molar-refractivity contribution >= 4 is 34.0 Å². The summed E-state index contributed by atoms with van der Waals surface area (Å²) in [7, 11) is 0. The van der Waals surface area contributed by atoms with Crippen LogP contribution in [0.5, 0.6) is 5.75 Å². The van der Waals surface area contributed by atoms with Gasteiger partial charge in [0.2, 0.25) is 0 Å². The van der Waals surface area contributed by atoms with E-state index >= 15 is 8.78 Å². The van der Waals surface area contributed by atoms with Crippen LogP contribution in [0, 0.1) is 17.6 Å². The number of fused-ring (bicyclic) bond motifs is 4. The van der Waals surface area contributed by atoms with E-state index in [9.17, 15) is 4.79 Å². The Hall–Kier alpha value is -3.46. The fourth-order valence-corrected chi connectivity index (χ4v) is 5.89. The van der Waals surface area contributed by atoms with Gasteiger partial charge in [-0.05, 0) is 48.1 Å². The quantitative estimate of drug-likeness (QED) is 0.525. The van der Waals surface area contributed by atoms with Crippen molar-refractivity contribution in [3.05, 3.63) is 52.6 Å². The van der Waals surface area contributed by atoms with Gasteiger partial charge in [0.25, 0.3) is 5.91 Å². The Morgan fingerprint density at radius 2 is 1.92 bits per heavy atom. The smallest absolute Gasteiger partial charge is 0.268 e. The second-order valence-electron chi connectivity index (χ2n) is 10.5. The number of carbonyl (C=O) groups is 1. The zero-order valence-electron chi connectivity index (χ0n) is 19.9. The van der Waals surface area contributed by atoms with Crippen molar-refractivity contribution in [3.63, 3.8) is 0 Å². The Balaban J connectivity index is 1.33. The molecule has 1 unspecified atom stereocenters. The molecule has 7 rings (SSSR count). The highest BCUT2D eigenvalue weighted by atomic mass is 19.1. The number of carbonyl (C=O) groups excluding carboxylic acids is 1. The minimum absolute atomic E-state index is 0.0770. The van der Waals surface area contributed by atoms with Crippen molar-refractivity contribution < 1.29 is 23.0 Å². The Morgan fingerprint density at radius 1 is 1.11 bits per heavy atom. The molecular weight excluding hydrogens is 466 g/mol. The first kappa shape index (κ1) is 21.8. The summed E-state index contributed by atoms with van der Waals surface area (Å²) in [5, 5.41) is 3.50. The number of benzene rings is 2. The summed E-state index contributed by atoms with van der Waals surface area (Å²) in [5.41, 5.74) is 8.74. The molecule has 1 saturated carbocycles. The second kappa shape index (κ2) is 7.52. The Labute approximate surface area is 206 Å². The normalized spacial score (nSPS) is 23.9. The van der Waals surface area contributed by atoms with Gasteiger partial charge in [0.1, 0.15) is 23.1 Å². The van der Waals surface area contributed by atoms with Crippen LogP contribution >= 0.6 is 0 Å². The minimum Gasteiger partial charge on any atom is -0.475 e. The monoisotopic (exact) mass is 492 g/mol. The summed E-state index contributed by atoms with van der Waals surface area (Å²) < 4.78 is 42.4. The molecule has 9 heteroatoms. The third-order valence-corrected chi connectivity index (χ3v) is 8.05. The number of piperidine rings is 1. The number of nitrogens with one attached hydrogen (secondary N) is 1. The molecule has 36 heavy (non-hydrogen) atoms. The van der Waals surface area contributed by atoms with E-state index in [2.05, 4.69) is 17.2 Å². The number of rotatable bonds is 2. The molecule has 1 aliphatic carbocycles. The number of hydrogen-bond donors (Lipinski definition) is 2. The Kier molecular flexibility index (Phi) is 4.55.